The lowest BCUT2D eigenvalue weighted by molar-refractivity contribution is -0.148. The summed E-state index contributed by atoms with van der Waals surface area (Å²) < 4.78 is 5.17. The van der Waals surface area contributed by atoms with Gasteiger partial charge in [0.05, 0.1) is 19.1 Å². The monoisotopic (exact) mass is 366 g/mol. The Balaban J connectivity index is 1.72. The first-order valence-electron chi connectivity index (χ1n) is 9.46. The molecule has 1 fully saturated rings. The second-order valence-corrected chi connectivity index (χ2v) is 6.75. The lowest BCUT2D eigenvalue weighted by Crippen LogP contribution is -2.44. The highest BCUT2D eigenvalue weighted by atomic mass is 16.5. The largest absolute Gasteiger partial charge is 0.466 e. The van der Waals surface area contributed by atoms with Crippen LogP contribution in [0.25, 0.3) is 0 Å². The fourth-order valence-corrected chi connectivity index (χ4v) is 3.38. The van der Waals surface area contributed by atoms with Gasteiger partial charge in [-0.25, -0.2) is 10.0 Å². The second kappa shape index (κ2) is 9.44. The summed E-state index contributed by atoms with van der Waals surface area (Å²) in [5.74, 6) is -0.199. The second-order valence-electron chi connectivity index (χ2n) is 6.75. The maximum atomic E-state index is 12.8. The smallest absolute Gasteiger partial charge is 0.310 e. The standard InChI is InChI=1S/C22H26N2O3/c1-2-27-22(26)20-13-14-23(16-20)24(15-18-9-5-3-6-10-18)17-21(25)19-11-7-4-8-12-19/h3-12,20H,2,13-17H2,1H3. The van der Waals surface area contributed by atoms with Crippen LogP contribution in [-0.2, 0) is 16.1 Å². The summed E-state index contributed by atoms with van der Waals surface area (Å²) in [7, 11) is 0. The van der Waals surface area contributed by atoms with Crippen molar-refractivity contribution in [3.63, 3.8) is 0 Å². The molecule has 2 aromatic rings. The molecule has 1 aliphatic rings. The van der Waals surface area contributed by atoms with E-state index in [0.717, 1.165) is 18.5 Å². The number of esters is 1. The Kier molecular flexibility index (Phi) is 6.74. The summed E-state index contributed by atoms with van der Waals surface area (Å²) in [5, 5.41) is 4.18. The Morgan fingerprint density at radius 1 is 1.07 bits per heavy atom. The fourth-order valence-electron chi connectivity index (χ4n) is 3.38. The molecule has 0 amide bonds. The Hall–Kier alpha value is -2.50. The van der Waals surface area contributed by atoms with E-state index in [-0.39, 0.29) is 24.2 Å². The van der Waals surface area contributed by atoms with E-state index in [2.05, 4.69) is 22.2 Å². The molecule has 142 valence electrons. The Labute approximate surface area is 160 Å². The lowest BCUT2D eigenvalue weighted by Gasteiger charge is -2.31. The van der Waals surface area contributed by atoms with Crippen LogP contribution in [0, 0.1) is 5.92 Å². The highest BCUT2D eigenvalue weighted by Crippen LogP contribution is 2.21. The zero-order valence-electron chi connectivity index (χ0n) is 15.7. The van der Waals surface area contributed by atoms with Gasteiger partial charge in [-0.05, 0) is 18.9 Å². The molecule has 27 heavy (non-hydrogen) atoms. The van der Waals surface area contributed by atoms with Crippen LogP contribution in [0.2, 0.25) is 0 Å². The van der Waals surface area contributed by atoms with Crippen molar-refractivity contribution in [3.8, 4) is 0 Å². The van der Waals surface area contributed by atoms with E-state index in [1.54, 1.807) is 0 Å². The number of hydrogen-bond donors (Lipinski definition) is 0. The molecule has 1 unspecified atom stereocenters. The Bertz CT molecular complexity index is 749. The summed E-state index contributed by atoms with van der Waals surface area (Å²) in [4.78, 5) is 24.8. The molecule has 0 bridgehead atoms. The zero-order valence-corrected chi connectivity index (χ0v) is 15.7. The summed E-state index contributed by atoms with van der Waals surface area (Å²) in [6.45, 7) is 4.48. The quantitative estimate of drug-likeness (QED) is 0.531. The van der Waals surface area contributed by atoms with E-state index < -0.39 is 0 Å². The predicted octanol–water partition coefficient (Wildman–Crippen LogP) is 3.17. The van der Waals surface area contributed by atoms with E-state index in [1.807, 2.05) is 55.5 Å². The number of carbonyl (C=O) groups is 2. The molecule has 5 heteroatoms. The molecule has 1 saturated heterocycles. The van der Waals surface area contributed by atoms with Crippen molar-refractivity contribution < 1.29 is 14.3 Å². The molecule has 0 N–H and O–H groups in total. The third-order valence-corrected chi connectivity index (χ3v) is 4.82. The maximum absolute atomic E-state index is 12.8. The van der Waals surface area contributed by atoms with Gasteiger partial charge in [0.15, 0.2) is 5.78 Å². The molecule has 1 heterocycles. The maximum Gasteiger partial charge on any atom is 0.310 e. The van der Waals surface area contributed by atoms with Gasteiger partial charge >= 0.3 is 5.97 Å². The van der Waals surface area contributed by atoms with Crippen molar-refractivity contribution in [2.75, 3.05) is 26.2 Å². The molecule has 0 aliphatic carbocycles. The number of hydrogen-bond acceptors (Lipinski definition) is 5. The van der Waals surface area contributed by atoms with Gasteiger partial charge in [-0.2, -0.15) is 0 Å². The van der Waals surface area contributed by atoms with Crippen LogP contribution < -0.4 is 0 Å². The highest BCUT2D eigenvalue weighted by Gasteiger charge is 2.33. The van der Waals surface area contributed by atoms with E-state index >= 15 is 0 Å². The van der Waals surface area contributed by atoms with Crippen LogP contribution in [0.5, 0.6) is 0 Å². The van der Waals surface area contributed by atoms with Gasteiger partial charge < -0.3 is 4.74 Å². The average molecular weight is 366 g/mol. The topological polar surface area (TPSA) is 49.9 Å². The summed E-state index contributed by atoms with van der Waals surface area (Å²) >= 11 is 0. The van der Waals surface area contributed by atoms with E-state index in [4.69, 9.17) is 4.74 Å². The zero-order chi connectivity index (χ0) is 19.1. The Morgan fingerprint density at radius 2 is 1.74 bits per heavy atom. The van der Waals surface area contributed by atoms with Crippen LogP contribution in [0.1, 0.15) is 29.3 Å². The highest BCUT2D eigenvalue weighted by molar-refractivity contribution is 5.97. The third kappa shape index (κ3) is 5.25. The summed E-state index contributed by atoms with van der Waals surface area (Å²) in [5.41, 5.74) is 1.84. The van der Waals surface area contributed by atoms with Gasteiger partial charge in [0.2, 0.25) is 0 Å². The summed E-state index contributed by atoms with van der Waals surface area (Å²) in [6, 6.07) is 19.4. The number of nitrogens with zero attached hydrogens (tertiary/aromatic N) is 2. The molecule has 1 aliphatic heterocycles. The van der Waals surface area contributed by atoms with Gasteiger partial charge in [0, 0.05) is 25.2 Å². The number of hydrazine groups is 1. The van der Waals surface area contributed by atoms with Crippen molar-refractivity contribution >= 4 is 11.8 Å². The molecule has 0 spiro atoms. The molecule has 0 aromatic heterocycles. The number of ketones is 1. The van der Waals surface area contributed by atoms with E-state index in [9.17, 15) is 9.59 Å². The normalized spacial score (nSPS) is 17.2. The minimum atomic E-state index is -0.144. The molecule has 5 nitrogen and oxygen atoms in total. The lowest BCUT2D eigenvalue weighted by atomic mass is 10.1. The van der Waals surface area contributed by atoms with Crippen LogP contribution >= 0.6 is 0 Å². The first kappa shape index (κ1) is 19.3. The predicted molar refractivity (Wildman–Crippen MR) is 104 cm³/mol. The molecule has 3 rings (SSSR count). The number of Topliss-reactive ketones (excluding diaryl/α,β-unsaturated/α-hetero) is 1. The number of benzene rings is 2. The van der Waals surface area contributed by atoms with Gasteiger partial charge in [0.25, 0.3) is 0 Å². The number of ether oxygens (including phenoxy) is 1. The van der Waals surface area contributed by atoms with Crippen molar-refractivity contribution in [2.45, 2.75) is 19.9 Å². The number of rotatable bonds is 8. The first-order chi connectivity index (χ1) is 13.2. The third-order valence-electron chi connectivity index (χ3n) is 4.82. The number of carbonyl (C=O) groups excluding carboxylic acids is 2. The fraction of sp³-hybridized carbons (Fsp3) is 0.364. The minimum Gasteiger partial charge on any atom is -0.466 e. The van der Waals surface area contributed by atoms with Crippen LogP contribution in [0.3, 0.4) is 0 Å². The molecule has 0 radical (unpaired) electrons. The van der Waals surface area contributed by atoms with Crippen molar-refractivity contribution in [1.82, 2.24) is 10.0 Å². The molecule has 2 aromatic carbocycles. The molecule has 0 saturated carbocycles. The van der Waals surface area contributed by atoms with Gasteiger partial charge in [-0.15, -0.1) is 0 Å². The average Bonchev–Trinajstić information content (AvgIpc) is 3.19. The SMILES string of the molecule is CCOC(=O)C1CCN(N(CC(=O)c2ccccc2)Cc2ccccc2)C1. The molecular weight excluding hydrogens is 340 g/mol. The van der Waals surface area contributed by atoms with Crippen LogP contribution in [0.4, 0.5) is 0 Å². The van der Waals surface area contributed by atoms with Gasteiger partial charge in [-0.1, -0.05) is 60.7 Å². The minimum absolute atomic E-state index is 0.0751. The van der Waals surface area contributed by atoms with Crippen molar-refractivity contribution in [2.24, 2.45) is 5.92 Å². The summed E-state index contributed by atoms with van der Waals surface area (Å²) in [6.07, 6.45) is 0.754. The van der Waals surface area contributed by atoms with E-state index in [1.165, 1.54) is 0 Å². The van der Waals surface area contributed by atoms with Crippen LogP contribution in [0.15, 0.2) is 60.7 Å². The Morgan fingerprint density at radius 3 is 2.41 bits per heavy atom. The first-order valence-corrected chi connectivity index (χ1v) is 9.46. The molecule has 1 atom stereocenters. The van der Waals surface area contributed by atoms with Crippen LogP contribution in [-0.4, -0.2) is 48.0 Å². The van der Waals surface area contributed by atoms with Crippen molar-refractivity contribution in [3.05, 3.63) is 71.8 Å². The van der Waals surface area contributed by atoms with E-state index in [0.29, 0.717) is 25.3 Å². The van der Waals surface area contributed by atoms with Crippen molar-refractivity contribution in [1.29, 1.82) is 0 Å². The van der Waals surface area contributed by atoms with Gasteiger partial charge in [0.1, 0.15) is 0 Å². The molecular formula is C22H26N2O3. The van der Waals surface area contributed by atoms with Gasteiger partial charge in [-0.3, -0.25) is 9.59 Å².